The molecular weight excluding hydrogens is 524 g/mol. The third kappa shape index (κ3) is 6.25. The van der Waals surface area contributed by atoms with Crippen molar-refractivity contribution >= 4 is 28.7 Å². The van der Waals surface area contributed by atoms with Crippen molar-refractivity contribution in [2.75, 3.05) is 26.2 Å². The number of likely N-dealkylation sites (tertiary alicyclic amines) is 1. The second kappa shape index (κ2) is 12.0. The van der Waals surface area contributed by atoms with Gasteiger partial charge in [-0.25, -0.2) is 0 Å². The Hall–Kier alpha value is -2.78. The number of thioether (sulfide) groups is 1. The first-order valence-electron chi connectivity index (χ1n) is 14.8. The molecule has 2 bridgehead atoms. The summed E-state index contributed by atoms with van der Waals surface area (Å²) in [7, 11) is 0. The van der Waals surface area contributed by atoms with E-state index in [2.05, 4.69) is 17.6 Å². The molecule has 2 aromatic rings. The summed E-state index contributed by atoms with van der Waals surface area (Å²) in [6, 6.07) is 9.78. The molecule has 2 amide bonds. The minimum absolute atomic E-state index is 0.0430. The lowest BCUT2D eigenvalue weighted by Gasteiger charge is -2.34. The van der Waals surface area contributed by atoms with Crippen molar-refractivity contribution in [3.05, 3.63) is 54.0 Å². The summed E-state index contributed by atoms with van der Waals surface area (Å²) >= 11 is 1.63. The lowest BCUT2D eigenvalue weighted by atomic mass is 9.87. The number of nitrogens with zero attached hydrogens (tertiary/aromatic N) is 2. The maximum atomic E-state index is 13.3. The highest BCUT2D eigenvalue weighted by Gasteiger charge is 2.46. The van der Waals surface area contributed by atoms with Crippen LogP contribution in [-0.4, -0.2) is 58.9 Å². The third-order valence-corrected chi connectivity index (χ3v) is 10.3. The van der Waals surface area contributed by atoms with Crippen LogP contribution in [0.25, 0.3) is 0 Å². The minimum Gasteiger partial charge on any atom is -0.492 e. The number of ether oxygens (including phenoxy) is 1. The van der Waals surface area contributed by atoms with Gasteiger partial charge in [-0.2, -0.15) is 0 Å². The Morgan fingerprint density at radius 2 is 2.10 bits per heavy atom. The number of carbonyl (C=O) groups excluding carboxylic acids is 2. The maximum Gasteiger partial charge on any atom is 0.253 e. The van der Waals surface area contributed by atoms with Gasteiger partial charge in [0.2, 0.25) is 5.91 Å². The van der Waals surface area contributed by atoms with Crippen LogP contribution in [0.1, 0.15) is 67.8 Å². The molecule has 8 nitrogen and oxygen atoms in total. The number of amidine groups is 1. The second-order valence-electron chi connectivity index (χ2n) is 12.1. The lowest BCUT2D eigenvalue weighted by Crippen LogP contribution is -2.41. The number of benzene rings is 1. The largest absolute Gasteiger partial charge is 0.492 e. The van der Waals surface area contributed by atoms with Crippen LogP contribution in [0.2, 0.25) is 0 Å². The highest BCUT2D eigenvalue weighted by molar-refractivity contribution is 8.16. The number of nitrogens with one attached hydrogen (secondary N) is 2. The van der Waals surface area contributed by atoms with E-state index in [1.165, 1.54) is 25.7 Å². The monoisotopic (exact) mass is 564 g/mol. The summed E-state index contributed by atoms with van der Waals surface area (Å²) in [6.45, 7) is 5.42. The molecule has 6 rings (SSSR count). The van der Waals surface area contributed by atoms with Gasteiger partial charge in [-0.1, -0.05) is 24.2 Å². The molecule has 2 aliphatic carbocycles. The Morgan fingerprint density at radius 3 is 2.85 bits per heavy atom. The van der Waals surface area contributed by atoms with E-state index >= 15 is 0 Å². The first-order chi connectivity index (χ1) is 19.4. The Bertz CT molecular complexity index is 1230. The van der Waals surface area contributed by atoms with Crippen LogP contribution in [0, 0.1) is 17.8 Å². The highest BCUT2D eigenvalue weighted by atomic mass is 32.2. The lowest BCUT2D eigenvalue weighted by molar-refractivity contribution is -0.121. The predicted octanol–water partition coefficient (Wildman–Crippen LogP) is 4.86. The van der Waals surface area contributed by atoms with Gasteiger partial charge < -0.3 is 24.7 Å². The van der Waals surface area contributed by atoms with E-state index in [0.717, 1.165) is 42.5 Å². The molecule has 0 radical (unpaired) electrons. The van der Waals surface area contributed by atoms with Crippen molar-refractivity contribution in [3.63, 3.8) is 0 Å². The van der Waals surface area contributed by atoms with Crippen LogP contribution in [0.3, 0.4) is 0 Å². The molecule has 1 aromatic heterocycles. The van der Waals surface area contributed by atoms with E-state index in [1.54, 1.807) is 24.3 Å². The molecule has 214 valence electrons. The van der Waals surface area contributed by atoms with E-state index < -0.39 is 4.75 Å². The molecule has 2 saturated carbocycles. The van der Waals surface area contributed by atoms with Gasteiger partial charge in [-0.05, 0) is 87.5 Å². The number of piperidine rings is 1. The van der Waals surface area contributed by atoms with Crippen molar-refractivity contribution in [1.29, 1.82) is 0 Å². The second-order valence-corrected chi connectivity index (χ2v) is 13.6. The zero-order chi connectivity index (χ0) is 27.5. The van der Waals surface area contributed by atoms with Crippen LogP contribution >= 0.6 is 11.8 Å². The number of carbonyl (C=O) groups is 2. The Labute approximate surface area is 240 Å². The summed E-state index contributed by atoms with van der Waals surface area (Å²) in [4.78, 5) is 33.2. The molecule has 2 aliphatic heterocycles. The molecular formula is C31H40N4O4S. The molecule has 4 atom stereocenters. The number of fused-ring (bicyclic) bond motifs is 2. The van der Waals surface area contributed by atoms with Gasteiger partial charge in [0.15, 0.2) is 5.17 Å². The summed E-state index contributed by atoms with van der Waals surface area (Å²) in [5.74, 6) is 2.81. The first-order valence-corrected chi connectivity index (χ1v) is 15.6. The number of rotatable bonds is 10. The SMILES string of the molecule is CC1(CC2CCN(C(=O)c3cccc(OCCNCc4ccoc4)c3)CC2)SC(=N[C@H]2CC3CCC2C3)NC1=O. The van der Waals surface area contributed by atoms with E-state index in [9.17, 15) is 9.59 Å². The molecule has 3 unspecified atom stereocenters. The topological polar surface area (TPSA) is 96.2 Å². The maximum absolute atomic E-state index is 13.3. The van der Waals surface area contributed by atoms with E-state index in [4.69, 9.17) is 14.1 Å². The molecule has 9 heteroatoms. The third-order valence-electron chi connectivity index (χ3n) is 9.12. The molecule has 3 heterocycles. The average Bonchev–Trinajstić information content (AvgIpc) is 3.76. The number of furan rings is 1. The van der Waals surface area contributed by atoms with Gasteiger partial charge in [0.05, 0.1) is 23.3 Å². The minimum atomic E-state index is -0.480. The molecule has 40 heavy (non-hydrogen) atoms. The van der Waals surface area contributed by atoms with Crippen LogP contribution in [0.4, 0.5) is 0 Å². The smallest absolute Gasteiger partial charge is 0.253 e. The van der Waals surface area contributed by atoms with Crippen molar-refractivity contribution in [2.45, 2.75) is 69.2 Å². The molecule has 4 aliphatic rings. The summed E-state index contributed by atoms with van der Waals surface area (Å²) in [5.41, 5.74) is 1.75. The fourth-order valence-corrected chi connectivity index (χ4v) is 8.11. The predicted molar refractivity (Wildman–Crippen MR) is 156 cm³/mol. The van der Waals surface area contributed by atoms with Crippen molar-refractivity contribution in [1.82, 2.24) is 15.5 Å². The zero-order valence-electron chi connectivity index (χ0n) is 23.3. The number of hydrogen-bond acceptors (Lipinski definition) is 7. The first kappa shape index (κ1) is 27.4. The standard InChI is InChI=1S/C31H40N4O4S/c1-31(29(37)34-30(40-31)33-27-16-22-5-6-24(27)15-22)18-21-7-11-35(12-8-21)28(36)25-3-2-4-26(17-25)39-14-10-32-19-23-9-13-38-20-23/h2-4,9,13,17,20-22,24,27,32H,5-8,10-12,14-16,18-19H2,1H3,(H,33,34,37)/t22?,24?,27-,31?/m0/s1. The van der Waals surface area contributed by atoms with Crippen LogP contribution in [0.15, 0.2) is 52.3 Å². The molecule has 1 aromatic carbocycles. The van der Waals surface area contributed by atoms with Crippen molar-refractivity contribution in [2.24, 2.45) is 22.7 Å². The fourth-order valence-electron chi connectivity index (χ4n) is 6.89. The van der Waals surface area contributed by atoms with Gasteiger partial charge in [-0.15, -0.1) is 0 Å². The van der Waals surface area contributed by atoms with E-state index in [-0.39, 0.29) is 11.8 Å². The molecule has 2 saturated heterocycles. The molecule has 0 spiro atoms. The number of aliphatic imine (C=N–C) groups is 1. The van der Waals surface area contributed by atoms with Gasteiger partial charge in [0, 0.05) is 37.3 Å². The molecule has 2 N–H and O–H groups in total. The van der Waals surface area contributed by atoms with Crippen LogP contribution in [-0.2, 0) is 11.3 Å². The normalized spacial score (nSPS) is 29.3. The Balaban J connectivity index is 0.954. The van der Waals surface area contributed by atoms with Gasteiger partial charge in [0.1, 0.15) is 12.4 Å². The Kier molecular flexibility index (Phi) is 8.21. The summed E-state index contributed by atoms with van der Waals surface area (Å²) < 4.78 is 10.5. The highest BCUT2D eigenvalue weighted by Crippen LogP contribution is 2.47. The summed E-state index contributed by atoms with van der Waals surface area (Å²) in [6.07, 6.45) is 11.2. The summed E-state index contributed by atoms with van der Waals surface area (Å²) in [5, 5.41) is 7.23. The van der Waals surface area contributed by atoms with Crippen LogP contribution < -0.4 is 15.4 Å². The van der Waals surface area contributed by atoms with Gasteiger partial charge >= 0.3 is 0 Å². The van der Waals surface area contributed by atoms with Gasteiger partial charge in [-0.3, -0.25) is 14.6 Å². The van der Waals surface area contributed by atoms with Crippen LogP contribution in [0.5, 0.6) is 5.75 Å². The Morgan fingerprint density at radius 1 is 1.23 bits per heavy atom. The van der Waals surface area contributed by atoms with E-state index in [1.807, 2.05) is 35.2 Å². The number of hydrogen-bond donors (Lipinski definition) is 2. The van der Waals surface area contributed by atoms with E-state index in [0.29, 0.717) is 55.4 Å². The van der Waals surface area contributed by atoms with Crippen molar-refractivity contribution in [3.8, 4) is 5.75 Å². The quantitative estimate of drug-likeness (QED) is 0.401. The van der Waals surface area contributed by atoms with Crippen molar-refractivity contribution < 1.29 is 18.7 Å². The fraction of sp³-hybridized carbons (Fsp3) is 0.581. The zero-order valence-corrected chi connectivity index (χ0v) is 24.1. The average molecular weight is 565 g/mol. The number of amides is 2. The van der Waals surface area contributed by atoms with Gasteiger partial charge in [0.25, 0.3) is 5.91 Å². The molecule has 4 fully saturated rings.